The van der Waals surface area contributed by atoms with Crippen LogP contribution in [0.2, 0.25) is 0 Å². The molecule has 2 fully saturated rings. The third-order valence-electron chi connectivity index (χ3n) is 3.02. The fraction of sp³-hybridized carbons (Fsp3) is 0.889. The number of nitrogens with zero attached hydrogens (tertiary/aromatic N) is 1. The van der Waals surface area contributed by atoms with E-state index in [2.05, 4.69) is 0 Å². The van der Waals surface area contributed by atoms with Crippen molar-refractivity contribution in [2.75, 3.05) is 31.1 Å². The number of nitrogens with two attached hydrogens (primary N) is 1. The van der Waals surface area contributed by atoms with Crippen molar-refractivity contribution in [1.29, 1.82) is 0 Å². The van der Waals surface area contributed by atoms with Crippen LogP contribution in [-0.4, -0.2) is 56.7 Å². The molecule has 2 saturated heterocycles. The smallest absolute Gasteiger partial charge is 0.410 e. The molecule has 2 atom stereocenters. The minimum atomic E-state index is -2.88. The molecule has 2 heterocycles. The van der Waals surface area contributed by atoms with E-state index < -0.39 is 9.84 Å². The summed E-state index contributed by atoms with van der Waals surface area (Å²) >= 11 is 0. The number of amides is 1. The first-order valence-corrected chi connectivity index (χ1v) is 7.18. The third kappa shape index (κ3) is 2.46. The van der Waals surface area contributed by atoms with Gasteiger partial charge in [-0.2, -0.15) is 0 Å². The largest absolute Gasteiger partial charge is 0.443 e. The van der Waals surface area contributed by atoms with Crippen molar-refractivity contribution in [1.82, 2.24) is 4.90 Å². The molecule has 0 aliphatic carbocycles. The molecule has 16 heavy (non-hydrogen) atoms. The van der Waals surface area contributed by atoms with Gasteiger partial charge in [-0.05, 0) is 12.3 Å². The quantitative estimate of drug-likeness (QED) is 0.706. The van der Waals surface area contributed by atoms with Crippen LogP contribution in [0.3, 0.4) is 0 Å². The molecule has 6 nitrogen and oxygen atoms in total. The van der Waals surface area contributed by atoms with Crippen molar-refractivity contribution in [3.8, 4) is 0 Å². The summed E-state index contributed by atoms with van der Waals surface area (Å²) < 4.78 is 27.5. The number of rotatable bonds is 3. The molecule has 0 saturated carbocycles. The summed E-state index contributed by atoms with van der Waals surface area (Å²) in [5.74, 6) is 0.472. The second-order valence-corrected chi connectivity index (χ2v) is 6.64. The zero-order chi connectivity index (χ0) is 11.8. The monoisotopic (exact) mass is 248 g/mol. The van der Waals surface area contributed by atoms with E-state index in [0.717, 1.165) is 0 Å². The summed E-state index contributed by atoms with van der Waals surface area (Å²) in [6.07, 6.45) is 0.0182. The first kappa shape index (κ1) is 11.7. The Morgan fingerprint density at radius 1 is 1.50 bits per heavy atom. The molecule has 2 N–H and O–H groups in total. The van der Waals surface area contributed by atoms with Crippen molar-refractivity contribution < 1.29 is 17.9 Å². The van der Waals surface area contributed by atoms with Crippen LogP contribution in [0.15, 0.2) is 0 Å². The van der Waals surface area contributed by atoms with Gasteiger partial charge in [0.25, 0.3) is 0 Å². The Kier molecular flexibility index (Phi) is 3.07. The lowest BCUT2D eigenvalue weighted by atomic mass is 10.1. The van der Waals surface area contributed by atoms with Crippen LogP contribution < -0.4 is 5.73 Å². The predicted octanol–water partition coefficient (Wildman–Crippen LogP) is -0.799. The molecule has 2 rings (SSSR count). The Balaban J connectivity index is 1.89. The number of hydrogen-bond acceptors (Lipinski definition) is 5. The van der Waals surface area contributed by atoms with Gasteiger partial charge in [0.2, 0.25) is 0 Å². The fourth-order valence-corrected chi connectivity index (χ4v) is 4.02. The molecule has 0 aromatic heterocycles. The van der Waals surface area contributed by atoms with Crippen molar-refractivity contribution in [2.24, 2.45) is 11.7 Å². The number of hydrogen-bond donors (Lipinski definition) is 1. The van der Waals surface area contributed by atoms with Gasteiger partial charge in [0, 0.05) is 13.1 Å². The Morgan fingerprint density at radius 2 is 2.25 bits per heavy atom. The maximum absolute atomic E-state index is 11.4. The Bertz CT molecular complexity index is 381. The van der Waals surface area contributed by atoms with E-state index in [9.17, 15) is 13.2 Å². The number of cyclic esters (lactones) is 1. The Hall–Kier alpha value is -0.820. The summed E-state index contributed by atoms with van der Waals surface area (Å²) in [5, 5.41) is 0. The molecule has 2 aliphatic heterocycles. The maximum Gasteiger partial charge on any atom is 0.410 e. The lowest BCUT2D eigenvalue weighted by Gasteiger charge is -2.16. The summed E-state index contributed by atoms with van der Waals surface area (Å²) in [6.45, 7) is 1.26. The van der Waals surface area contributed by atoms with E-state index in [1.54, 1.807) is 4.90 Å². The summed E-state index contributed by atoms with van der Waals surface area (Å²) in [4.78, 5) is 12.9. The normalized spacial score (nSPS) is 33.1. The lowest BCUT2D eigenvalue weighted by molar-refractivity contribution is 0.133. The van der Waals surface area contributed by atoms with Gasteiger partial charge < -0.3 is 15.4 Å². The van der Waals surface area contributed by atoms with Gasteiger partial charge in [0.1, 0.15) is 6.10 Å². The average Bonchev–Trinajstić information content (AvgIpc) is 2.71. The van der Waals surface area contributed by atoms with Gasteiger partial charge in [-0.1, -0.05) is 0 Å². The van der Waals surface area contributed by atoms with Crippen LogP contribution in [0.1, 0.15) is 6.42 Å². The van der Waals surface area contributed by atoms with Crippen LogP contribution in [0.4, 0.5) is 4.79 Å². The molecule has 0 aromatic carbocycles. The van der Waals surface area contributed by atoms with Gasteiger partial charge >= 0.3 is 6.09 Å². The number of carbonyl (C=O) groups excluding carboxylic acids is 1. The number of carbonyl (C=O) groups is 1. The van der Waals surface area contributed by atoms with E-state index in [4.69, 9.17) is 10.5 Å². The van der Waals surface area contributed by atoms with Crippen LogP contribution in [0.25, 0.3) is 0 Å². The minimum Gasteiger partial charge on any atom is -0.443 e. The standard InChI is InChI=1S/C9H16N2O4S/c10-3-8-5-11(9(12)15-8)4-7-1-2-16(13,14)6-7/h7-8H,1-6,10H2/t7?,8-/m0/s1. The SMILES string of the molecule is NC[C@H]1CN(CC2CCS(=O)(=O)C2)C(=O)O1. The molecule has 1 unspecified atom stereocenters. The molecular weight excluding hydrogens is 232 g/mol. The molecule has 1 amide bonds. The van der Waals surface area contributed by atoms with Gasteiger partial charge in [0.15, 0.2) is 9.84 Å². The fourth-order valence-electron chi connectivity index (χ4n) is 2.17. The van der Waals surface area contributed by atoms with Gasteiger partial charge in [-0.25, -0.2) is 13.2 Å². The van der Waals surface area contributed by atoms with E-state index in [0.29, 0.717) is 26.1 Å². The van der Waals surface area contributed by atoms with Crippen molar-refractivity contribution in [2.45, 2.75) is 12.5 Å². The highest BCUT2D eigenvalue weighted by Gasteiger charge is 2.35. The highest BCUT2D eigenvalue weighted by molar-refractivity contribution is 7.91. The first-order valence-electron chi connectivity index (χ1n) is 5.36. The van der Waals surface area contributed by atoms with E-state index >= 15 is 0 Å². The Morgan fingerprint density at radius 3 is 2.75 bits per heavy atom. The predicted molar refractivity (Wildman–Crippen MR) is 57.7 cm³/mol. The Labute approximate surface area is 94.6 Å². The molecule has 0 spiro atoms. The molecule has 92 valence electrons. The topological polar surface area (TPSA) is 89.7 Å². The van der Waals surface area contributed by atoms with E-state index in [1.165, 1.54) is 0 Å². The number of ether oxygens (including phenoxy) is 1. The third-order valence-corrected chi connectivity index (χ3v) is 4.85. The van der Waals surface area contributed by atoms with Crippen LogP contribution in [-0.2, 0) is 14.6 Å². The van der Waals surface area contributed by atoms with Crippen molar-refractivity contribution in [3.05, 3.63) is 0 Å². The average molecular weight is 248 g/mol. The second-order valence-electron chi connectivity index (χ2n) is 4.42. The molecule has 7 heteroatoms. The molecule has 0 radical (unpaired) electrons. The van der Waals surface area contributed by atoms with E-state index in [-0.39, 0.29) is 29.6 Å². The zero-order valence-electron chi connectivity index (χ0n) is 8.96. The van der Waals surface area contributed by atoms with Crippen LogP contribution in [0, 0.1) is 5.92 Å². The van der Waals surface area contributed by atoms with Crippen LogP contribution in [0.5, 0.6) is 0 Å². The molecule has 2 aliphatic rings. The first-order chi connectivity index (χ1) is 7.50. The zero-order valence-corrected chi connectivity index (χ0v) is 9.78. The molecule has 0 aromatic rings. The van der Waals surface area contributed by atoms with E-state index in [1.807, 2.05) is 0 Å². The van der Waals surface area contributed by atoms with Crippen molar-refractivity contribution in [3.63, 3.8) is 0 Å². The lowest BCUT2D eigenvalue weighted by Crippen LogP contribution is -2.32. The van der Waals surface area contributed by atoms with Gasteiger partial charge in [-0.3, -0.25) is 0 Å². The van der Waals surface area contributed by atoms with Gasteiger partial charge in [-0.15, -0.1) is 0 Å². The highest BCUT2D eigenvalue weighted by Crippen LogP contribution is 2.21. The highest BCUT2D eigenvalue weighted by atomic mass is 32.2. The van der Waals surface area contributed by atoms with Gasteiger partial charge in [0.05, 0.1) is 18.1 Å². The summed E-state index contributed by atoms with van der Waals surface area (Å²) in [6, 6.07) is 0. The molecule has 0 bridgehead atoms. The van der Waals surface area contributed by atoms with Crippen LogP contribution >= 0.6 is 0 Å². The summed E-state index contributed by atoms with van der Waals surface area (Å²) in [5.41, 5.74) is 5.41. The summed E-state index contributed by atoms with van der Waals surface area (Å²) in [7, 11) is -2.88. The second kappa shape index (κ2) is 4.21. The van der Waals surface area contributed by atoms with Crippen molar-refractivity contribution >= 4 is 15.9 Å². The number of sulfone groups is 1. The minimum absolute atomic E-state index is 0.0501. The maximum atomic E-state index is 11.4. The molecular formula is C9H16N2O4S.